The Morgan fingerprint density at radius 1 is 1.08 bits per heavy atom. The van der Waals surface area contributed by atoms with Crippen LogP contribution in [0.4, 0.5) is 10.5 Å². The average molecular weight is 368 g/mol. The van der Waals surface area contributed by atoms with Crippen molar-refractivity contribution in [1.29, 1.82) is 0 Å². The van der Waals surface area contributed by atoms with Gasteiger partial charge in [0.25, 0.3) is 0 Å². The molecule has 0 saturated heterocycles. The van der Waals surface area contributed by atoms with E-state index in [0.29, 0.717) is 12.2 Å². The Hall–Kier alpha value is -2.93. The van der Waals surface area contributed by atoms with Gasteiger partial charge in [-0.05, 0) is 30.7 Å². The summed E-state index contributed by atoms with van der Waals surface area (Å²) in [6.45, 7) is 2.52. The monoisotopic (exact) mass is 368 g/mol. The van der Waals surface area contributed by atoms with Crippen LogP contribution in [-0.2, 0) is 4.79 Å². The molecular formula is C19H20N4O2S. The third-order valence-electron chi connectivity index (χ3n) is 3.64. The number of aromatic nitrogens is 1. The number of urea groups is 1. The summed E-state index contributed by atoms with van der Waals surface area (Å²) in [6.07, 6.45) is 0.858. The van der Waals surface area contributed by atoms with Gasteiger partial charge >= 0.3 is 6.03 Å². The average Bonchev–Trinajstić information content (AvgIpc) is 3.09. The zero-order chi connectivity index (χ0) is 18.4. The number of thiazole rings is 1. The maximum Gasteiger partial charge on any atom is 0.319 e. The summed E-state index contributed by atoms with van der Waals surface area (Å²) in [5.74, 6) is -0.203. The minimum Gasteiger partial charge on any atom is -0.355 e. The summed E-state index contributed by atoms with van der Waals surface area (Å²) in [5.41, 5.74) is 2.54. The van der Waals surface area contributed by atoms with E-state index >= 15 is 0 Å². The van der Waals surface area contributed by atoms with Crippen molar-refractivity contribution in [2.24, 2.45) is 0 Å². The van der Waals surface area contributed by atoms with Crippen molar-refractivity contribution in [2.75, 3.05) is 18.4 Å². The molecule has 0 fully saturated rings. The first kappa shape index (κ1) is 17.9. The largest absolute Gasteiger partial charge is 0.355 e. The highest BCUT2D eigenvalue weighted by atomic mass is 32.1. The molecule has 0 bridgehead atoms. The second-order valence-electron chi connectivity index (χ2n) is 5.73. The first-order chi connectivity index (χ1) is 12.7. The molecule has 3 amide bonds. The van der Waals surface area contributed by atoms with E-state index in [0.717, 1.165) is 27.2 Å². The van der Waals surface area contributed by atoms with Gasteiger partial charge in [0.1, 0.15) is 5.01 Å². The van der Waals surface area contributed by atoms with Crippen LogP contribution in [0.3, 0.4) is 0 Å². The van der Waals surface area contributed by atoms with Crippen LogP contribution in [-0.4, -0.2) is 30.0 Å². The number of nitrogens with one attached hydrogen (secondary N) is 3. The van der Waals surface area contributed by atoms with Crippen LogP contribution in [0.1, 0.15) is 13.3 Å². The number of rotatable bonds is 6. The van der Waals surface area contributed by atoms with Crippen molar-refractivity contribution < 1.29 is 9.59 Å². The van der Waals surface area contributed by atoms with Gasteiger partial charge in [0.15, 0.2) is 0 Å². The summed E-state index contributed by atoms with van der Waals surface area (Å²) in [7, 11) is 0. The molecule has 0 saturated carbocycles. The van der Waals surface area contributed by atoms with Crippen LogP contribution in [0.25, 0.3) is 20.8 Å². The van der Waals surface area contributed by atoms with Crippen LogP contribution in [0, 0.1) is 0 Å². The number of para-hydroxylation sites is 1. The quantitative estimate of drug-likeness (QED) is 0.621. The minimum absolute atomic E-state index is 0.0522. The molecule has 26 heavy (non-hydrogen) atoms. The molecule has 0 aliphatic rings. The highest BCUT2D eigenvalue weighted by molar-refractivity contribution is 7.21. The Morgan fingerprint density at radius 3 is 2.73 bits per heavy atom. The number of carbonyl (C=O) groups is 2. The number of anilines is 1. The molecule has 3 N–H and O–H groups in total. The van der Waals surface area contributed by atoms with Crippen LogP contribution < -0.4 is 16.0 Å². The van der Waals surface area contributed by atoms with Crippen LogP contribution in [0.5, 0.6) is 0 Å². The predicted molar refractivity (Wildman–Crippen MR) is 105 cm³/mol. The smallest absolute Gasteiger partial charge is 0.319 e. The second-order valence-corrected chi connectivity index (χ2v) is 6.76. The Labute approximate surface area is 155 Å². The van der Waals surface area contributed by atoms with E-state index in [4.69, 9.17) is 0 Å². The van der Waals surface area contributed by atoms with Crippen molar-refractivity contribution in [3.05, 3.63) is 48.5 Å². The SMILES string of the molecule is CCCNC(=O)CNC(=O)Nc1cccc(-c2nc3ccccc3s2)c1. The fourth-order valence-corrected chi connectivity index (χ4v) is 3.35. The number of carbonyl (C=O) groups excluding carboxylic acids is 2. The number of amides is 3. The van der Waals surface area contributed by atoms with Crippen molar-refractivity contribution in [3.63, 3.8) is 0 Å². The maximum absolute atomic E-state index is 12.0. The molecule has 2 aromatic carbocycles. The third-order valence-corrected chi connectivity index (χ3v) is 4.73. The molecule has 0 aliphatic heterocycles. The Balaban J connectivity index is 1.64. The molecule has 0 radical (unpaired) electrons. The fourth-order valence-electron chi connectivity index (χ4n) is 2.39. The van der Waals surface area contributed by atoms with E-state index < -0.39 is 6.03 Å². The van der Waals surface area contributed by atoms with Crippen molar-refractivity contribution >= 4 is 39.2 Å². The first-order valence-electron chi connectivity index (χ1n) is 8.43. The molecule has 0 unspecified atom stereocenters. The predicted octanol–water partition coefficient (Wildman–Crippen LogP) is 3.61. The Kier molecular flexibility index (Phi) is 5.80. The molecule has 1 aromatic heterocycles. The first-order valence-corrected chi connectivity index (χ1v) is 9.25. The van der Waals surface area contributed by atoms with Gasteiger partial charge in [0.05, 0.1) is 16.8 Å². The normalized spacial score (nSPS) is 10.5. The lowest BCUT2D eigenvalue weighted by atomic mass is 10.2. The second kappa shape index (κ2) is 8.44. The van der Waals surface area contributed by atoms with Crippen LogP contribution >= 0.6 is 11.3 Å². The zero-order valence-electron chi connectivity index (χ0n) is 14.4. The molecule has 6 nitrogen and oxygen atoms in total. The fraction of sp³-hybridized carbons (Fsp3) is 0.211. The van der Waals surface area contributed by atoms with Crippen molar-refractivity contribution in [3.8, 4) is 10.6 Å². The van der Waals surface area contributed by atoms with Crippen molar-refractivity contribution in [2.45, 2.75) is 13.3 Å². The van der Waals surface area contributed by atoms with E-state index in [-0.39, 0.29) is 12.5 Å². The highest BCUT2D eigenvalue weighted by Gasteiger charge is 2.08. The molecule has 3 aromatic rings. The highest BCUT2D eigenvalue weighted by Crippen LogP contribution is 2.31. The molecule has 0 spiro atoms. The van der Waals surface area contributed by atoms with E-state index in [1.54, 1.807) is 17.4 Å². The number of benzene rings is 2. The van der Waals surface area contributed by atoms with E-state index in [2.05, 4.69) is 20.9 Å². The van der Waals surface area contributed by atoms with Gasteiger partial charge in [-0.2, -0.15) is 0 Å². The molecule has 0 atom stereocenters. The van der Waals surface area contributed by atoms with Gasteiger partial charge in [-0.3, -0.25) is 4.79 Å². The lowest BCUT2D eigenvalue weighted by Crippen LogP contribution is -2.39. The molecule has 134 valence electrons. The van der Waals surface area contributed by atoms with Gasteiger partial charge in [-0.1, -0.05) is 31.2 Å². The Morgan fingerprint density at radius 2 is 1.92 bits per heavy atom. The number of hydrogen-bond acceptors (Lipinski definition) is 4. The molecule has 1 heterocycles. The molecule has 0 aliphatic carbocycles. The summed E-state index contributed by atoms with van der Waals surface area (Å²) in [6, 6.07) is 15.0. The minimum atomic E-state index is -0.418. The lowest BCUT2D eigenvalue weighted by molar-refractivity contribution is -0.120. The third kappa shape index (κ3) is 4.58. The maximum atomic E-state index is 12.0. The zero-order valence-corrected chi connectivity index (χ0v) is 15.2. The molecule has 7 heteroatoms. The summed E-state index contributed by atoms with van der Waals surface area (Å²) >= 11 is 1.61. The Bertz CT molecular complexity index is 890. The summed E-state index contributed by atoms with van der Waals surface area (Å²) in [5, 5.41) is 8.89. The van der Waals surface area contributed by atoms with Crippen LogP contribution in [0.15, 0.2) is 48.5 Å². The molecular weight excluding hydrogens is 348 g/mol. The topological polar surface area (TPSA) is 83.1 Å². The van der Waals surface area contributed by atoms with E-state index in [9.17, 15) is 9.59 Å². The molecule has 3 rings (SSSR count). The van der Waals surface area contributed by atoms with Gasteiger partial charge in [0, 0.05) is 17.8 Å². The summed E-state index contributed by atoms with van der Waals surface area (Å²) < 4.78 is 1.12. The van der Waals surface area contributed by atoms with Crippen molar-refractivity contribution in [1.82, 2.24) is 15.6 Å². The van der Waals surface area contributed by atoms with Crippen LogP contribution in [0.2, 0.25) is 0 Å². The van der Waals surface area contributed by atoms with Gasteiger partial charge in [0.2, 0.25) is 5.91 Å². The van der Waals surface area contributed by atoms with E-state index in [1.165, 1.54) is 0 Å². The summed E-state index contributed by atoms with van der Waals surface area (Å²) in [4.78, 5) is 28.1. The standard InChI is InChI=1S/C19H20N4O2S/c1-2-10-20-17(24)12-21-19(25)22-14-7-5-6-13(11-14)18-23-15-8-3-4-9-16(15)26-18/h3-9,11H,2,10,12H2,1H3,(H,20,24)(H2,21,22,25). The van der Waals surface area contributed by atoms with Gasteiger partial charge in [-0.25, -0.2) is 9.78 Å². The number of nitrogens with zero attached hydrogens (tertiary/aromatic N) is 1. The van der Waals surface area contributed by atoms with Gasteiger partial charge < -0.3 is 16.0 Å². The van der Waals surface area contributed by atoms with E-state index in [1.807, 2.05) is 49.4 Å². The lowest BCUT2D eigenvalue weighted by Gasteiger charge is -2.08. The number of fused-ring (bicyclic) bond motifs is 1. The number of hydrogen-bond donors (Lipinski definition) is 3. The van der Waals surface area contributed by atoms with Gasteiger partial charge in [-0.15, -0.1) is 11.3 Å².